The van der Waals surface area contributed by atoms with Gasteiger partial charge in [-0.2, -0.15) is 0 Å². The number of likely N-dealkylation sites (tertiary alicyclic amines) is 2. The predicted octanol–water partition coefficient (Wildman–Crippen LogP) is 9.36. The van der Waals surface area contributed by atoms with Gasteiger partial charge in [-0.3, -0.25) is 19.4 Å². The maximum atomic E-state index is 13.3. The summed E-state index contributed by atoms with van der Waals surface area (Å²) in [6, 6.07) is 19.5. The number of carbonyl (C=O) groups excluding carboxylic acids is 4. The standard InChI is InChI=1S/C45H56N4O6/c1-43(2,3)54-41(52)48-25-9-11-37(48)39(50)46-31-17-13-29(14-18-31)33-21-22-34(36-28-45(27-35(33)36)23-7-8-24-45)30-15-19-32(20-16-30)47-40(51)38-12-10-26-49(38)42(53)55-44(4,5)6/h13-22,37-38H,7-12,23-28H2,1-6H3,(H,46,50)(H,47,51). The van der Waals surface area contributed by atoms with Gasteiger partial charge in [0.15, 0.2) is 0 Å². The average molecular weight is 749 g/mol. The van der Waals surface area contributed by atoms with Crippen molar-refractivity contribution in [2.45, 2.75) is 129 Å². The molecule has 55 heavy (non-hydrogen) atoms. The number of carbonyl (C=O) groups is 4. The van der Waals surface area contributed by atoms with E-state index in [2.05, 4.69) is 47.0 Å². The number of hydrogen-bond donors (Lipinski definition) is 2. The zero-order chi connectivity index (χ0) is 39.1. The van der Waals surface area contributed by atoms with Crippen molar-refractivity contribution >= 4 is 35.4 Å². The molecule has 2 unspecified atom stereocenters. The molecule has 3 aromatic carbocycles. The molecule has 10 nitrogen and oxygen atoms in total. The zero-order valence-electron chi connectivity index (χ0n) is 33.3. The Labute approximate surface area is 325 Å². The molecule has 0 bridgehead atoms. The molecule has 3 fully saturated rings. The first-order valence-electron chi connectivity index (χ1n) is 20.0. The van der Waals surface area contributed by atoms with Gasteiger partial charge in [-0.25, -0.2) is 9.59 Å². The Balaban J connectivity index is 1.07. The van der Waals surface area contributed by atoms with Crippen molar-refractivity contribution in [3.8, 4) is 22.3 Å². The summed E-state index contributed by atoms with van der Waals surface area (Å²) in [5.74, 6) is -0.396. The van der Waals surface area contributed by atoms with Gasteiger partial charge in [-0.05, 0) is 156 Å². The van der Waals surface area contributed by atoms with Gasteiger partial charge in [0.25, 0.3) is 0 Å². The first kappa shape index (κ1) is 38.4. The van der Waals surface area contributed by atoms with Crippen molar-refractivity contribution < 1.29 is 28.7 Å². The molecule has 2 aliphatic heterocycles. The van der Waals surface area contributed by atoms with E-state index >= 15 is 0 Å². The summed E-state index contributed by atoms with van der Waals surface area (Å²) >= 11 is 0. The van der Waals surface area contributed by atoms with Crippen LogP contribution in [-0.2, 0) is 31.9 Å². The molecule has 1 saturated carbocycles. The first-order valence-corrected chi connectivity index (χ1v) is 20.0. The first-order chi connectivity index (χ1) is 26.1. The Morgan fingerprint density at radius 1 is 0.582 bits per heavy atom. The number of fused-ring (bicyclic) bond motifs is 1. The van der Waals surface area contributed by atoms with Crippen LogP contribution in [0.2, 0.25) is 0 Å². The molecule has 2 saturated heterocycles. The highest BCUT2D eigenvalue weighted by Crippen LogP contribution is 2.53. The van der Waals surface area contributed by atoms with E-state index in [1.54, 1.807) is 9.80 Å². The topological polar surface area (TPSA) is 117 Å². The second-order valence-electron chi connectivity index (χ2n) is 18.0. The fourth-order valence-corrected chi connectivity index (χ4v) is 9.00. The molecule has 2 heterocycles. The van der Waals surface area contributed by atoms with E-state index in [0.29, 0.717) is 37.3 Å². The normalized spacial score (nSPS) is 20.4. The summed E-state index contributed by atoms with van der Waals surface area (Å²) in [6.45, 7) is 12.0. The highest BCUT2D eigenvalue weighted by atomic mass is 16.6. The Morgan fingerprint density at radius 2 is 0.964 bits per heavy atom. The van der Waals surface area contributed by atoms with Crippen LogP contribution in [0.1, 0.15) is 104 Å². The minimum Gasteiger partial charge on any atom is -0.444 e. The largest absolute Gasteiger partial charge is 0.444 e. The number of nitrogens with one attached hydrogen (secondary N) is 2. The minimum absolute atomic E-state index is 0.198. The molecule has 1 spiro atoms. The van der Waals surface area contributed by atoms with E-state index in [0.717, 1.165) is 36.8 Å². The van der Waals surface area contributed by atoms with Crippen LogP contribution in [0.5, 0.6) is 0 Å². The van der Waals surface area contributed by atoms with E-state index in [4.69, 9.17) is 9.47 Å². The van der Waals surface area contributed by atoms with E-state index in [1.807, 2.05) is 65.8 Å². The summed E-state index contributed by atoms with van der Waals surface area (Å²) in [6.07, 6.45) is 8.93. The second kappa shape index (κ2) is 15.0. The van der Waals surface area contributed by atoms with Crippen LogP contribution in [0, 0.1) is 5.41 Å². The molecule has 0 radical (unpaired) electrons. The predicted molar refractivity (Wildman–Crippen MR) is 215 cm³/mol. The Kier molecular flexibility index (Phi) is 10.5. The van der Waals surface area contributed by atoms with E-state index in [1.165, 1.54) is 47.9 Å². The summed E-state index contributed by atoms with van der Waals surface area (Å²) < 4.78 is 11.1. The summed E-state index contributed by atoms with van der Waals surface area (Å²) in [4.78, 5) is 55.3. The van der Waals surface area contributed by atoms with Crippen LogP contribution in [0.3, 0.4) is 0 Å². The molecule has 2 aliphatic carbocycles. The number of anilines is 2. The lowest BCUT2D eigenvalue weighted by Crippen LogP contribution is -2.45. The lowest BCUT2D eigenvalue weighted by molar-refractivity contribution is -0.121. The number of amides is 4. The van der Waals surface area contributed by atoms with Crippen LogP contribution >= 0.6 is 0 Å². The smallest absolute Gasteiger partial charge is 0.410 e. The highest BCUT2D eigenvalue weighted by molar-refractivity contribution is 5.98. The number of hydrogen-bond acceptors (Lipinski definition) is 6. The Bertz CT molecular complexity index is 1800. The van der Waals surface area contributed by atoms with Gasteiger partial charge in [0.1, 0.15) is 23.3 Å². The third kappa shape index (κ3) is 8.53. The van der Waals surface area contributed by atoms with E-state index in [9.17, 15) is 19.2 Å². The number of rotatable bonds is 6. The van der Waals surface area contributed by atoms with Crippen LogP contribution in [0.4, 0.5) is 21.0 Å². The van der Waals surface area contributed by atoms with Crippen LogP contribution in [0.25, 0.3) is 22.3 Å². The number of benzene rings is 3. The van der Waals surface area contributed by atoms with Gasteiger partial charge >= 0.3 is 12.2 Å². The zero-order valence-corrected chi connectivity index (χ0v) is 33.3. The van der Waals surface area contributed by atoms with Crippen molar-refractivity contribution in [1.82, 2.24) is 9.80 Å². The summed E-state index contributed by atoms with van der Waals surface area (Å²) in [5, 5.41) is 6.08. The summed E-state index contributed by atoms with van der Waals surface area (Å²) in [5.41, 5.74) is 7.90. The SMILES string of the molecule is CC(C)(C)OC(=O)N1CCCC1C(=O)Nc1ccc(-c2ccc(-c3ccc(NC(=O)C4CCCN4C(=O)OC(C)(C)C)cc3)c3c2CC2(CCCC2)C3)cc1. The quantitative estimate of drug-likeness (QED) is 0.260. The molecule has 10 heteroatoms. The molecule has 292 valence electrons. The second-order valence-corrected chi connectivity index (χ2v) is 18.0. The van der Waals surface area contributed by atoms with Gasteiger partial charge in [0.05, 0.1) is 0 Å². The monoisotopic (exact) mass is 748 g/mol. The minimum atomic E-state index is -0.624. The molecule has 0 aromatic heterocycles. The molecular formula is C45H56N4O6. The molecule has 3 aromatic rings. The maximum absolute atomic E-state index is 13.3. The molecule has 4 amide bonds. The summed E-state index contributed by atoms with van der Waals surface area (Å²) in [7, 11) is 0. The molecule has 2 N–H and O–H groups in total. The van der Waals surface area contributed by atoms with E-state index in [-0.39, 0.29) is 17.2 Å². The van der Waals surface area contributed by atoms with Gasteiger partial charge < -0.3 is 20.1 Å². The van der Waals surface area contributed by atoms with Crippen LogP contribution in [0.15, 0.2) is 60.7 Å². The van der Waals surface area contributed by atoms with Crippen molar-refractivity contribution in [1.29, 1.82) is 0 Å². The maximum Gasteiger partial charge on any atom is 0.410 e. The Morgan fingerprint density at radius 3 is 1.33 bits per heavy atom. The molecule has 4 aliphatic rings. The van der Waals surface area contributed by atoms with Crippen molar-refractivity contribution in [2.24, 2.45) is 5.41 Å². The average Bonchev–Trinajstić information content (AvgIpc) is 3.94. The van der Waals surface area contributed by atoms with Gasteiger partial charge in [0.2, 0.25) is 11.8 Å². The fourth-order valence-electron chi connectivity index (χ4n) is 9.00. The van der Waals surface area contributed by atoms with Gasteiger partial charge in [-0.1, -0.05) is 49.2 Å². The third-order valence-electron chi connectivity index (χ3n) is 11.5. The highest BCUT2D eigenvalue weighted by Gasteiger charge is 2.42. The van der Waals surface area contributed by atoms with Gasteiger partial charge in [0, 0.05) is 24.5 Å². The lowest BCUT2D eigenvalue weighted by atomic mass is 9.82. The Hall–Kier alpha value is -4.86. The fraction of sp³-hybridized carbons (Fsp3) is 0.511. The number of nitrogens with zero attached hydrogens (tertiary/aromatic N) is 2. The van der Waals surface area contributed by atoms with Crippen LogP contribution in [-0.4, -0.2) is 70.2 Å². The molecule has 7 rings (SSSR count). The van der Waals surface area contributed by atoms with Crippen molar-refractivity contribution in [3.63, 3.8) is 0 Å². The van der Waals surface area contributed by atoms with Crippen molar-refractivity contribution in [3.05, 3.63) is 71.8 Å². The van der Waals surface area contributed by atoms with Crippen molar-refractivity contribution in [2.75, 3.05) is 23.7 Å². The lowest BCUT2D eigenvalue weighted by Gasteiger charge is -2.28. The van der Waals surface area contributed by atoms with Crippen LogP contribution < -0.4 is 10.6 Å². The number of ether oxygens (including phenoxy) is 2. The molecular weight excluding hydrogens is 693 g/mol. The molecule has 2 atom stereocenters. The van der Waals surface area contributed by atoms with Gasteiger partial charge in [-0.15, -0.1) is 0 Å². The third-order valence-corrected chi connectivity index (χ3v) is 11.5. The van der Waals surface area contributed by atoms with E-state index < -0.39 is 35.5 Å².